The summed E-state index contributed by atoms with van der Waals surface area (Å²) < 4.78 is 0. The molecule has 3 heteroatoms. The van der Waals surface area contributed by atoms with Gasteiger partial charge in [0.15, 0.2) is 5.82 Å². The molecule has 0 radical (unpaired) electrons. The van der Waals surface area contributed by atoms with Crippen LogP contribution in [0.25, 0.3) is 11.1 Å². The predicted molar refractivity (Wildman–Crippen MR) is 106 cm³/mol. The van der Waals surface area contributed by atoms with Crippen LogP contribution in [-0.4, -0.2) is 18.7 Å². The van der Waals surface area contributed by atoms with Crippen LogP contribution in [0.15, 0.2) is 54.7 Å². The van der Waals surface area contributed by atoms with Crippen LogP contribution in [0.3, 0.4) is 0 Å². The average molecular weight is 329 g/mol. The zero-order valence-corrected chi connectivity index (χ0v) is 15.2. The molecular formula is C22H23N3. The van der Waals surface area contributed by atoms with Gasteiger partial charge in [-0.1, -0.05) is 29.8 Å². The Morgan fingerprint density at radius 2 is 1.68 bits per heavy atom. The minimum atomic E-state index is 0.821. The summed E-state index contributed by atoms with van der Waals surface area (Å²) >= 11 is 0. The molecule has 0 bridgehead atoms. The maximum atomic E-state index is 4.60. The van der Waals surface area contributed by atoms with Crippen LogP contribution in [-0.2, 0) is 0 Å². The Labute approximate surface area is 149 Å². The van der Waals surface area contributed by atoms with Crippen LogP contribution >= 0.6 is 0 Å². The van der Waals surface area contributed by atoms with E-state index < -0.39 is 0 Å². The number of fused-ring (bicyclic) bond motifs is 1. The maximum Gasteiger partial charge on any atom is 0.158 e. The van der Waals surface area contributed by atoms with Crippen LogP contribution < -0.4 is 9.80 Å². The highest BCUT2D eigenvalue weighted by Gasteiger charge is 2.25. The van der Waals surface area contributed by atoms with E-state index in [4.69, 9.17) is 0 Å². The first kappa shape index (κ1) is 15.7. The summed E-state index contributed by atoms with van der Waals surface area (Å²) in [5, 5.41) is 0. The van der Waals surface area contributed by atoms with Crippen molar-refractivity contribution in [2.24, 2.45) is 0 Å². The van der Waals surface area contributed by atoms with E-state index in [1.54, 1.807) is 0 Å². The van der Waals surface area contributed by atoms with E-state index in [9.17, 15) is 0 Å². The van der Waals surface area contributed by atoms with Crippen LogP contribution in [0.4, 0.5) is 17.2 Å². The van der Waals surface area contributed by atoms with Crippen molar-refractivity contribution in [1.29, 1.82) is 0 Å². The van der Waals surface area contributed by atoms with Gasteiger partial charge >= 0.3 is 0 Å². The number of benzene rings is 2. The van der Waals surface area contributed by atoms with Gasteiger partial charge < -0.3 is 9.80 Å². The summed E-state index contributed by atoms with van der Waals surface area (Å²) in [4.78, 5) is 9.11. The topological polar surface area (TPSA) is 19.4 Å². The Morgan fingerprint density at radius 3 is 2.44 bits per heavy atom. The molecular weight excluding hydrogens is 306 g/mol. The van der Waals surface area contributed by atoms with Crippen LogP contribution in [0.2, 0.25) is 0 Å². The lowest BCUT2D eigenvalue weighted by molar-refractivity contribution is 0.944. The fourth-order valence-corrected chi connectivity index (χ4v) is 3.92. The predicted octanol–water partition coefficient (Wildman–Crippen LogP) is 5.22. The zero-order valence-electron chi connectivity index (χ0n) is 15.2. The quantitative estimate of drug-likeness (QED) is 0.642. The summed E-state index contributed by atoms with van der Waals surface area (Å²) in [6.07, 6.45) is 1.86. The molecule has 1 aliphatic rings. The molecule has 2 aromatic carbocycles. The maximum absolute atomic E-state index is 4.60. The molecule has 0 aliphatic carbocycles. The number of nitrogens with zero attached hydrogens (tertiary/aromatic N) is 3. The summed E-state index contributed by atoms with van der Waals surface area (Å²) in [5.74, 6) is 1.03. The fraction of sp³-hybridized carbons (Fsp3) is 0.227. The van der Waals surface area contributed by atoms with E-state index >= 15 is 0 Å². The Balaban J connectivity index is 1.80. The van der Waals surface area contributed by atoms with Crippen molar-refractivity contribution in [3.8, 4) is 11.1 Å². The third-order valence-corrected chi connectivity index (χ3v) is 4.91. The molecule has 1 aliphatic heterocycles. The highest BCUT2D eigenvalue weighted by molar-refractivity contribution is 5.81. The fourth-order valence-electron chi connectivity index (χ4n) is 3.92. The molecule has 0 amide bonds. The number of anilines is 3. The minimum absolute atomic E-state index is 0.821. The Morgan fingerprint density at radius 1 is 0.920 bits per heavy atom. The lowest BCUT2D eigenvalue weighted by Gasteiger charge is -2.20. The minimum Gasteiger partial charge on any atom is -0.354 e. The molecule has 1 aromatic heterocycles. The Kier molecular flexibility index (Phi) is 3.72. The summed E-state index contributed by atoms with van der Waals surface area (Å²) in [6, 6.07) is 17.4. The SMILES string of the molecule is Cc1cc(C)c(-c2cccc(N3CN(C)c4cccnc43)c2)c(C)c1. The lowest BCUT2D eigenvalue weighted by atomic mass is 9.93. The van der Waals surface area contributed by atoms with Crippen molar-refractivity contribution >= 4 is 17.2 Å². The van der Waals surface area contributed by atoms with E-state index in [2.05, 4.69) is 85.1 Å². The summed E-state index contributed by atoms with van der Waals surface area (Å²) in [7, 11) is 2.11. The largest absolute Gasteiger partial charge is 0.354 e. The van der Waals surface area contributed by atoms with Gasteiger partial charge in [-0.25, -0.2) is 4.98 Å². The Hall–Kier alpha value is -2.81. The molecule has 3 nitrogen and oxygen atoms in total. The Bertz CT molecular complexity index is 923. The van der Waals surface area contributed by atoms with Gasteiger partial charge in [-0.3, -0.25) is 0 Å². The van der Waals surface area contributed by atoms with Crippen molar-refractivity contribution in [1.82, 2.24) is 4.98 Å². The number of rotatable bonds is 2. The number of pyridine rings is 1. The second-order valence-electron chi connectivity index (χ2n) is 6.94. The standard InChI is InChI=1S/C22H23N3/c1-15-11-16(2)21(17(3)12-15)18-7-5-8-19(13-18)25-14-24(4)20-9-6-10-23-22(20)25/h5-13H,14H2,1-4H3. The average Bonchev–Trinajstić information content (AvgIpc) is 2.92. The van der Waals surface area contributed by atoms with Crippen molar-refractivity contribution < 1.29 is 0 Å². The first-order chi connectivity index (χ1) is 12.0. The molecule has 0 atom stereocenters. The monoisotopic (exact) mass is 329 g/mol. The van der Waals surface area contributed by atoms with Gasteiger partial charge in [-0.05, 0) is 67.3 Å². The molecule has 0 saturated heterocycles. The highest BCUT2D eigenvalue weighted by atomic mass is 15.4. The third kappa shape index (κ3) is 2.66. The number of hydrogen-bond acceptors (Lipinski definition) is 3. The highest BCUT2D eigenvalue weighted by Crippen LogP contribution is 2.39. The molecule has 2 heterocycles. The van der Waals surface area contributed by atoms with Gasteiger partial charge in [0, 0.05) is 18.9 Å². The third-order valence-electron chi connectivity index (χ3n) is 4.91. The first-order valence-corrected chi connectivity index (χ1v) is 8.66. The molecule has 25 heavy (non-hydrogen) atoms. The van der Waals surface area contributed by atoms with Crippen molar-refractivity contribution in [2.75, 3.05) is 23.5 Å². The van der Waals surface area contributed by atoms with Gasteiger partial charge in [0.05, 0.1) is 12.4 Å². The number of aromatic nitrogens is 1. The van der Waals surface area contributed by atoms with Gasteiger partial charge in [0.25, 0.3) is 0 Å². The number of aryl methyl sites for hydroxylation is 3. The molecule has 0 fully saturated rings. The van der Waals surface area contributed by atoms with E-state index in [0.717, 1.165) is 12.5 Å². The molecule has 0 spiro atoms. The van der Waals surface area contributed by atoms with Gasteiger partial charge in [0.1, 0.15) is 0 Å². The van der Waals surface area contributed by atoms with E-state index in [-0.39, 0.29) is 0 Å². The second-order valence-corrected chi connectivity index (χ2v) is 6.94. The van der Waals surface area contributed by atoms with Crippen molar-refractivity contribution in [3.63, 3.8) is 0 Å². The van der Waals surface area contributed by atoms with Crippen molar-refractivity contribution in [2.45, 2.75) is 20.8 Å². The summed E-state index contributed by atoms with van der Waals surface area (Å²) in [6.45, 7) is 7.37. The van der Waals surface area contributed by atoms with Gasteiger partial charge in [-0.15, -0.1) is 0 Å². The van der Waals surface area contributed by atoms with Gasteiger partial charge in [-0.2, -0.15) is 0 Å². The molecule has 3 aromatic rings. The van der Waals surface area contributed by atoms with Crippen LogP contribution in [0.1, 0.15) is 16.7 Å². The van der Waals surface area contributed by atoms with Crippen LogP contribution in [0, 0.1) is 20.8 Å². The summed E-state index contributed by atoms with van der Waals surface area (Å²) in [5.41, 5.74) is 8.92. The number of hydrogen-bond donors (Lipinski definition) is 0. The molecule has 0 N–H and O–H groups in total. The molecule has 0 saturated carbocycles. The van der Waals surface area contributed by atoms with Gasteiger partial charge in [0.2, 0.25) is 0 Å². The smallest absolute Gasteiger partial charge is 0.158 e. The lowest BCUT2D eigenvalue weighted by Crippen LogP contribution is -2.24. The van der Waals surface area contributed by atoms with E-state index in [1.165, 1.54) is 39.2 Å². The first-order valence-electron chi connectivity index (χ1n) is 8.66. The molecule has 4 rings (SSSR count). The second kappa shape index (κ2) is 5.92. The molecule has 126 valence electrons. The van der Waals surface area contributed by atoms with Crippen LogP contribution in [0.5, 0.6) is 0 Å². The van der Waals surface area contributed by atoms with E-state index in [1.807, 2.05) is 12.3 Å². The van der Waals surface area contributed by atoms with E-state index in [0.29, 0.717) is 0 Å². The normalized spacial score (nSPS) is 13.3. The zero-order chi connectivity index (χ0) is 17.6. The van der Waals surface area contributed by atoms with Crippen molar-refractivity contribution in [3.05, 3.63) is 71.4 Å². The molecule has 0 unspecified atom stereocenters.